The predicted octanol–water partition coefficient (Wildman–Crippen LogP) is 2.77. The molecule has 2 N–H and O–H groups in total. The lowest BCUT2D eigenvalue weighted by atomic mass is 10.2. The van der Waals surface area contributed by atoms with E-state index in [4.69, 9.17) is 10.5 Å². The first-order chi connectivity index (χ1) is 6.58. The molecule has 5 heteroatoms. The van der Waals surface area contributed by atoms with Crippen molar-refractivity contribution in [3.05, 3.63) is 20.3 Å². The van der Waals surface area contributed by atoms with E-state index in [1.54, 1.807) is 11.3 Å². The van der Waals surface area contributed by atoms with Crippen LogP contribution in [-0.2, 0) is 4.74 Å². The van der Waals surface area contributed by atoms with Gasteiger partial charge in [0.05, 0.1) is 3.79 Å². The van der Waals surface area contributed by atoms with E-state index in [9.17, 15) is 4.79 Å². The summed E-state index contributed by atoms with van der Waals surface area (Å²) in [5.41, 5.74) is 6.22. The maximum atomic E-state index is 10.5. The quantitative estimate of drug-likeness (QED) is 0.903. The minimum atomic E-state index is -0.676. The minimum Gasteiger partial charge on any atom is -0.446 e. The van der Waals surface area contributed by atoms with Crippen molar-refractivity contribution in [3.63, 3.8) is 0 Å². The number of primary amides is 1. The molecule has 1 aliphatic rings. The summed E-state index contributed by atoms with van der Waals surface area (Å²) in [7, 11) is 0. The maximum Gasteiger partial charge on any atom is 0.404 e. The Morgan fingerprint density at radius 1 is 1.79 bits per heavy atom. The zero-order valence-electron chi connectivity index (χ0n) is 7.62. The summed E-state index contributed by atoms with van der Waals surface area (Å²) in [5.74, 6) is 0.352. The van der Waals surface area contributed by atoms with Gasteiger partial charge >= 0.3 is 6.09 Å². The fourth-order valence-corrected chi connectivity index (χ4v) is 3.39. The van der Waals surface area contributed by atoms with Crippen molar-refractivity contribution in [2.75, 3.05) is 0 Å². The van der Waals surface area contributed by atoms with Gasteiger partial charge in [0.2, 0.25) is 0 Å². The second-order valence-electron chi connectivity index (χ2n) is 3.38. The number of hydrogen-bond acceptors (Lipinski definition) is 3. The van der Waals surface area contributed by atoms with Gasteiger partial charge in [-0.2, -0.15) is 0 Å². The molecule has 1 aromatic heterocycles. The van der Waals surface area contributed by atoms with Gasteiger partial charge in [0.25, 0.3) is 0 Å². The van der Waals surface area contributed by atoms with Crippen molar-refractivity contribution in [2.24, 2.45) is 5.73 Å². The third-order valence-corrected chi connectivity index (χ3v) is 3.89. The Bertz CT molecular complexity index is 377. The number of rotatable bonds is 2. The molecule has 0 bridgehead atoms. The van der Waals surface area contributed by atoms with Crippen LogP contribution in [0.4, 0.5) is 4.79 Å². The lowest BCUT2D eigenvalue weighted by molar-refractivity contribution is 0.147. The second kappa shape index (κ2) is 3.55. The first-order valence-electron chi connectivity index (χ1n) is 4.30. The van der Waals surface area contributed by atoms with Gasteiger partial charge < -0.3 is 10.5 Å². The van der Waals surface area contributed by atoms with Gasteiger partial charge in [-0.3, -0.25) is 0 Å². The van der Waals surface area contributed by atoms with Crippen molar-refractivity contribution >= 4 is 33.4 Å². The van der Waals surface area contributed by atoms with Crippen LogP contribution in [-0.4, -0.2) is 12.2 Å². The highest BCUT2D eigenvalue weighted by molar-refractivity contribution is 9.11. The van der Waals surface area contributed by atoms with Crippen LogP contribution in [0.1, 0.15) is 22.8 Å². The Hall–Kier alpha value is -0.550. The van der Waals surface area contributed by atoms with Crippen molar-refractivity contribution in [2.45, 2.75) is 25.4 Å². The molecule has 1 fully saturated rings. The van der Waals surface area contributed by atoms with Crippen molar-refractivity contribution in [3.8, 4) is 0 Å². The van der Waals surface area contributed by atoms with E-state index in [1.165, 1.54) is 10.4 Å². The van der Waals surface area contributed by atoms with Crippen LogP contribution in [0, 0.1) is 6.92 Å². The monoisotopic (exact) mass is 275 g/mol. The zero-order chi connectivity index (χ0) is 10.3. The van der Waals surface area contributed by atoms with Gasteiger partial charge in [0.1, 0.15) is 6.10 Å². The van der Waals surface area contributed by atoms with E-state index in [0.717, 1.165) is 10.2 Å². The third-order valence-electron chi connectivity index (χ3n) is 2.32. The molecular weight excluding hydrogens is 266 g/mol. The van der Waals surface area contributed by atoms with Crippen molar-refractivity contribution < 1.29 is 9.53 Å². The largest absolute Gasteiger partial charge is 0.446 e. The fourth-order valence-electron chi connectivity index (χ4n) is 1.61. The number of nitrogens with two attached hydrogens (primary N) is 1. The summed E-state index contributed by atoms with van der Waals surface area (Å²) in [6.07, 6.45) is 0.213. The molecule has 14 heavy (non-hydrogen) atoms. The first kappa shape index (κ1) is 9.98. The Morgan fingerprint density at radius 2 is 2.50 bits per heavy atom. The molecule has 0 spiro atoms. The lowest BCUT2D eigenvalue weighted by Crippen LogP contribution is -2.14. The summed E-state index contributed by atoms with van der Waals surface area (Å²) in [6.45, 7) is 2.07. The average molecular weight is 276 g/mol. The summed E-state index contributed by atoms with van der Waals surface area (Å²) >= 11 is 5.14. The van der Waals surface area contributed by atoms with Gasteiger partial charge in [-0.15, -0.1) is 11.3 Å². The normalized spacial score (nSPS) is 24.7. The van der Waals surface area contributed by atoms with Crippen LogP contribution in [0.5, 0.6) is 0 Å². The van der Waals surface area contributed by atoms with Crippen molar-refractivity contribution in [1.82, 2.24) is 0 Å². The molecule has 0 radical (unpaired) electrons. The number of ether oxygens (including phenoxy) is 1. The summed E-state index contributed by atoms with van der Waals surface area (Å²) < 4.78 is 6.04. The number of hydrogen-bond donors (Lipinski definition) is 1. The van der Waals surface area contributed by atoms with Crippen molar-refractivity contribution in [1.29, 1.82) is 0 Å². The summed E-state index contributed by atoms with van der Waals surface area (Å²) in [5, 5.41) is 0. The highest BCUT2D eigenvalue weighted by Crippen LogP contribution is 2.47. The van der Waals surface area contributed by atoms with Gasteiger partial charge in [0, 0.05) is 10.8 Å². The number of amides is 1. The Morgan fingerprint density at radius 3 is 3.00 bits per heavy atom. The van der Waals surface area contributed by atoms with Crippen LogP contribution in [0.2, 0.25) is 0 Å². The molecule has 0 unspecified atom stereocenters. The predicted molar refractivity (Wildman–Crippen MR) is 58.6 cm³/mol. The smallest absolute Gasteiger partial charge is 0.404 e. The minimum absolute atomic E-state index is 0.00676. The van der Waals surface area contributed by atoms with E-state index >= 15 is 0 Å². The molecule has 0 aromatic carbocycles. The molecule has 1 saturated carbocycles. The first-order valence-corrected chi connectivity index (χ1v) is 5.91. The molecule has 1 aromatic rings. The van der Waals surface area contributed by atoms with E-state index in [0.29, 0.717) is 5.92 Å². The molecule has 0 saturated heterocycles. The summed E-state index contributed by atoms with van der Waals surface area (Å²) in [6, 6.07) is 2.09. The number of carbonyl (C=O) groups is 1. The highest BCUT2D eigenvalue weighted by atomic mass is 79.9. The average Bonchev–Trinajstić information content (AvgIpc) is 2.70. The topological polar surface area (TPSA) is 52.3 Å². The summed E-state index contributed by atoms with van der Waals surface area (Å²) in [4.78, 5) is 11.8. The van der Waals surface area contributed by atoms with Crippen LogP contribution >= 0.6 is 27.3 Å². The molecule has 1 amide bonds. The second-order valence-corrected chi connectivity index (χ2v) is 6.02. The Labute approximate surface area is 94.4 Å². The molecule has 1 aliphatic carbocycles. The van der Waals surface area contributed by atoms with E-state index < -0.39 is 6.09 Å². The zero-order valence-corrected chi connectivity index (χ0v) is 10.0. The van der Waals surface area contributed by atoms with E-state index in [1.807, 2.05) is 0 Å². The van der Waals surface area contributed by atoms with Crippen LogP contribution < -0.4 is 5.73 Å². The number of carbonyl (C=O) groups excluding carboxylic acids is 1. The van der Waals surface area contributed by atoms with E-state index in [-0.39, 0.29) is 6.10 Å². The van der Waals surface area contributed by atoms with Gasteiger partial charge in [-0.25, -0.2) is 4.79 Å². The standard InChI is InChI=1S/C9H10BrNO2S/c1-4-5(3-8(10)14-4)6-2-7(6)13-9(11)12/h3,6-7H,2H2,1H3,(H2,11,12)/t6-,7+/m0/s1. The highest BCUT2D eigenvalue weighted by Gasteiger charge is 2.43. The molecular formula is C9H10BrNO2S. The fraction of sp³-hybridized carbons (Fsp3) is 0.444. The maximum absolute atomic E-state index is 10.5. The molecule has 76 valence electrons. The van der Waals surface area contributed by atoms with Crippen LogP contribution in [0.15, 0.2) is 9.85 Å². The van der Waals surface area contributed by atoms with Gasteiger partial charge in [0.15, 0.2) is 0 Å². The third kappa shape index (κ3) is 1.93. The van der Waals surface area contributed by atoms with Crippen LogP contribution in [0.3, 0.4) is 0 Å². The molecule has 1 heterocycles. The van der Waals surface area contributed by atoms with Crippen LogP contribution in [0.25, 0.3) is 0 Å². The molecule has 2 atom stereocenters. The van der Waals surface area contributed by atoms with E-state index in [2.05, 4.69) is 28.9 Å². The number of thiophene rings is 1. The van der Waals surface area contributed by atoms with Gasteiger partial charge in [-0.05, 0) is 40.9 Å². The molecule has 3 nitrogen and oxygen atoms in total. The molecule has 2 rings (SSSR count). The number of aryl methyl sites for hydroxylation is 1. The van der Waals surface area contributed by atoms with Gasteiger partial charge in [-0.1, -0.05) is 0 Å². The Balaban J connectivity index is 2.05. The number of halogens is 1. The SMILES string of the molecule is Cc1sc(Br)cc1[C@@H]1C[C@H]1OC(N)=O. The molecule has 0 aliphatic heterocycles. The Kier molecular flexibility index (Phi) is 2.53. The lowest BCUT2D eigenvalue weighted by Gasteiger charge is -1.99.